The molecule has 0 amide bonds. The number of imidazole rings is 1. The maximum Gasteiger partial charge on any atom is 0.162 e. The summed E-state index contributed by atoms with van der Waals surface area (Å²) in [6.07, 6.45) is 6.39. The fraction of sp³-hybridized carbons (Fsp3) is 0.458. The molecule has 1 N–H and O–H groups in total. The maximum absolute atomic E-state index is 12.5. The van der Waals surface area contributed by atoms with E-state index >= 15 is 0 Å². The largest absolute Gasteiger partial charge is 0.385 e. The lowest BCUT2D eigenvalue weighted by Gasteiger charge is -2.28. The summed E-state index contributed by atoms with van der Waals surface area (Å²) >= 11 is 12.3. The summed E-state index contributed by atoms with van der Waals surface area (Å²) in [6.45, 7) is 1.70. The highest BCUT2D eigenvalue weighted by molar-refractivity contribution is 6.41. The van der Waals surface area contributed by atoms with E-state index in [0.29, 0.717) is 22.6 Å². The molecule has 0 spiro atoms. The van der Waals surface area contributed by atoms with Crippen LogP contribution in [0, 0.1) is 0 Å². The number of pyridine rings is 1. The van der Waals surface area contributed by atoms with Crippen LogP contribution in [-0.4, -0.2) is 25.4 Å². The smallest absolute Gasteiger partial charge is 0.162 e. The zero-order chi connectivity index (χ0) is 22.0. The molecule has 1 aliphatic rings. The second kappa shape index (κ2) is 9.27. The van der Waals surface area contributed by atoms with Gasteiger partial charge in [0.2, 0.25) is 0 Å². The van der Waals surface area contributed by atoms with Crippen molar-refractivity contribution in [3.63, 3.8) is 0 Å². The van der Waals surface area contributed by atoms with Crippen LogP contribution >= 0.6 is 23.2 Å². The van der Waals surface area contributed by atoms with Crippen molar-refractivity contribution in [3.8, 4) is 0 Å². The van der Waals surface area contributed by atoms with Crippen molar-refractivity contribution in [2.75, 3.05) is 0 Å². The summed E-state index contributed by atoms with van der Waals surface area (Å²) in [7, 11) is 0. The van der Waals surface area contributed by atoms with Gasteiger partial charge in [0, 0.05) is 25.3 Å². The molecule has 1 fully saturated rings. The van der Waals surface area contributed by atoms with Crippen molar-refractivity contribution in [2.45, 2.75) is 69.9 Å². The maximum atomic E-state index is 12.5. The predicted octanol–water partition coefficient (Wildman–Crippen LogP) is 6.04. The van der Waals surface area contributed by atoms with Gasteiger partial charge in [-0.1, -0.05) is 53.5 Å². The number of Topliss-reactive ketones (excluding diaryl/α,β-unsaturated/α-hetero) is 1. The lowest BCUT2D eigenvalue weighted by molar-refractivity contribution is -0.123. The number of fused-ring (bicyclic) bond motifs is 1. The SMILES string of the molecule is C[C@@](O)(CC(=O)CCCCc1nc2cc(Cl)c(Cl)nc2n1C1CCC1)c1ccccc1. The fourth-order valence-electron chi connectivity index (χ4n) is 4.20. The third kappa shape index (κ3) is 4.94. The molecule has 0 bridgehead atoms. The van der Waals surface area contributed by atoms with E-state index in [1.165, 1.54) is 6.42 Å². The van der Waals surface area contributed by atoms with Gasteiger partial charge in [0.05, 0.1) is 10.6 Å². The second-order valence-electron chi connectivity index (χ2n) is 8.65. The molecule has 31 heavy (non-hydrogen) atoms. The molecule has 0 saturated heterocycles. The number of carbonyl (C=O) groups excluding carboxylic acids is 1. The average molecular weight is 460 g/mol. The number of aliphatic hydroxyl groups is 1. The highest BCUT2D eigenvalue weighted by atomic mass is 35.5. The van der Waals surface area contributed by atoms with Crippen LogP contribution in [0.3, 0.4) is 0 Å². The van der Waals surface area contributed by atoms with Gasteiger partial charge < -0.3 is 9.67 Å². The van der Waals surface area contributed by atoms with E-state index in [4.69, 9.17) is 28.2 Å². The minimum atomic E-state index is -1.14. The van der Waals surface area contributed by atoms with Gasteiger partial charge in [0.15, 0.2) is 5.65 Å². The number of unbranched alkanes of at least 4 members (excludes halogenated alkanes) is 1. The molecule has 7 heteroatoms. The Kier molecular flexibility index (Phi) is 6.65. The summed E-state index contributed by atoms with van der Waals surface area (Å²) < 4.78 is 2.21. The standard InChI is InChI=1S/C24H27Cl2N3O2/c1-24(31,16-8-3-2-4-9-16)15-18(30)12-5-6-13-21-27-20-14-19(25)22(26)28-23(20)29(21)17-10-7-11-17/h2-4,8-9,14,17,31H,5-7,10-13,15H2,1H3/t24-/m1/s1. The van der Waals surface area contributed by atoms with Gasteiger partial charge in [-0.25, -0.2) is 9.97 Å². The molecule has 164 valence electrons. The van der Waals surface area contributed by atoms with Crippen LogP contribution < -0.4 is 0 Å². The molecule has 2 aromatic heterocycles. The number of benzene rings is 1. The Morgan fingerprint density at radius 1 is 1.19 bits per heavy atom. The quantitative estimate of drug-likeness (QED) is 0.312. The average Bonchev–Trinajstić information content (AvgIpc) is 3.02. The van der Waals surface area contributed by atoms with E-state index in [1.54, 1.807) is 13.0 Å². The van der Waals surface area contributed by atoms with Crippen LogP contribution in [0.25, 0.3) is 11.2 Å². The molecule has 0 unspecified atom stereocenters. The van der Waals surface area contributed by atoms with E-state index in [-0.39, 0.29) is 12.2 Å². The number of hydrogen-bond donors (Lipinski definition) is 1. The van der Waals surface area contributed by atoms with Gasteiger partial charge in [0.1, 0.15) is 22.3 Å². The number of hydrogen-bond acceptors (Lipinski definition) is 4. The summed E-state index contributed by atoms with van der Waals surface area (Å²) in [5, 5.41) is 11.4. The highest BCUT2D eigenvalue weighted by Gasteiger charge is 2.27. The molecular formula is C24H27Cl2N3O2. The van der Waals surface area contributed by atoms with Gasteiger partial charge >= 0.3 is 0 Å². The predicted molar refractivity (Wildman–Crippen MR) is 124 cm³/mol. The molecule has 1 aliphatic carbocycles. The van der Waals surface area contributed by atoms with E-state index in [1.807, 2.05) is 30.3 Å². The van der Waals surface area contributed by atoms with Gasteiger partial charge in [-0.15, -0.1) is 0 Å². The normalized spacial score (nSPS) is 16.3. The number of aromatic nitrogens is 3. The number of aryl methyl sites for hydroxylation is 1. The lowest BCUT2D eigenvalue weighted by Crippen LogP contribution is -2.25. The summed E-state index contributed by atoms with van der Waals surface area (Å²) in [6, 6.07) is 11.5. The molecule has 3 aromatic rings. The summed E-state index contributed by atoms with van der Waals surface area (Å²) in [5.41, 5.74) is 1.19. The molecule has 2 heterocycles. The van der Waals surface area contributed by atoms with Crippen molar-refractivity contribution in [1.29, 1.82) is 0 Å². The van der Waals surface area contributed by atoms with E-state index in [9.17, 15) is 9.90 Å². The minimum Gasteiger partial charge on any atom is -0.385 e. The number of ketones is 1. The van der Waals surface area contributed by atoms with Crippen LogP contribution in [0.4, 0.5) is 0 Å². The second-order valence-corrected chi connectivity index (χ2v) is 9.41. The molecule has 0 aliphatic heterocycles. The first-order valence-corrected chi connectivity index (χ1v) is 11.6. The molecule has 1 saturated carbocycles. The molecule has 1 atom stereocenters. The Hall–Kier alpha value is -1.95. The zero-order valence-corrected chi connectivity index (χ0v) is 19.2. The first-order valence-electron chi connectivity index (χ1n) is 10.9. The summed E-state index contributed by atoms with van der Waals surface area (Å²) in [4.78, 5) is 21.7. The van der Waals surface area contributed by atoms with Crippen molar-refractivity contribution in [3.05, 3.63) is 58.0 Å². The molecular weight excluding hydrogens is 433 g/mol. The minimum absolute atomic E-state index is 0.0709. The van der Waals surface area contributed by atoms with Crippen LogP contribution in [0.15, 0.2) is 36.4 Å². The molecule has 4 rings (SSSR count). The van der Waals surface area contributed by atoms with Gasteiger partial charge in [-0.05, 0) is 50.7 Å². The van der Waals surface area contributed by atoms with Crippen LogP contribution in [0.2, 0.25) is 10.2 Å². The molecule has 5 nitrogen and oxygen atoms in total. The Morgan fingerprint density at radius 3 is 2.61 bits per heavy atom. The number of halogens is 2. The third-order valence-electron chi connectivity index (χ3n) is 6.13. The summed E-state index contributed by atoms with van der Waals surface area (Å²) in [5.74, 6) is 1.05. The van der Waals surface area contributed by atoms with Gasteiger partial charge in [0.25, 0.3) is 0 Å². The Balaban J connectivity index is 1.37. The van der Waals surface area contributed by atoms with Crippen molar-refractivity contribution in [2.24, 2.45) is 0 Å². The van der Waals surface area contributed by atoms with E-state index in [0.717, 1.165) is 54.7 Å². The number of carbonyl (C=O) groups is 1. The third-order valence-corrected chi connectivity index (χ3v) is 6.81. The van der Waals surface area contributed by atoms with Crippen molar-refractivity contribution >= 4 is 40.1 Å². The van der Waals surface area contributed by atoms with Crippen LogP contribution in [0.5, 0.6) is 0 Å². The number of rotatable bonds is 9. The fourth-order valence-corrected chi connectivity index (χ4v) is 4.48. The highest BCUT2D eigenvalue weighted by Crippen LogP contribution is 2.36. The monoisotopic (exact) mass is 459 g/mol. The Labute approximate surface area is 192 Å². The molecule has 1 aromatic carbocycles. The first kappa shape index (κ1) is 22.3. The first-order chi connectivity index (χ1) is 14.8. The van der Waals surface area contributed by atoms with Gasteiger partial charge in [-0.2, -0.15) is 0 Å². The Bertz CT molecular complexity index is 1080. The topological polar surface area (TPSA) is 68.0 Å². The van der Waals surface area contributed by atoms with Crippen molar-refractivity contribution < 1.29 is 9.90 Å². The lowest BCUT2D eigenvalue weighted by atomic mass is 9.89. The van der Waals surface area contributed by atoms with Crippen LogP contribution in [-0.2, 0) is 16.8 Å². The molecule has 0 radical (unpaired) electrons. The Morgan fingerprint density at radius 2 is 1.94 bits per heavy atom. The number of nitrogens with zero attached hydrogens (tertiary/aromatic N) is 3. The van der Waals surface area contributed by atoms with E-state index < -0.39 is 5.60 Å². The van der Waals surface area contributed by atoms with E-state index in [2.05, 4.69) is 9.55 Å². The van der Waals surface area contributed by atoms with Crippen molar-refractivity contribution in [1.82, 2.24) is 14.5 Å². The van der Waals surface area contributed by atoms with Crippen LogP contribution in [0.1, 0.15) is 69.3 Å². The van der Waals surface area contributed by atoms with Gasteiger partial charge in [-0.3, -0.25) is 4.79 Å². The zero-order valence-electron chi connectivity index (χ0n) is 17.7.